The number of fused-ring (bicyclic) bond motifs is 1. The third-order valence-electron chi connectivity index (χ3n) is 11.5. The molecule has 1 atom stereocenters. The highest BCUT2D eigenvalue weighted by Crippen LogP contribution is 2.33. The summed E-state index contributed by atoms with van der Waals surface area (Å²) in [7, 11) is 1.00. The van der Waals surface area contributed by atoms with Crippen molar-refractivity contribution < 1.29 is 29.6 Å². The number of piperidine rings is 1. The third-order valence-corrected chi connectivity index (χ3v) is 11.5. The van der Waals surface area contributed by atoms with Crippen LogP contribution in [0.3, 0.4) is 0 Å². The Kier molecular flexibility index (Phi) is 17.1. The number of anilines is 1. The Balaban J connectivity index is 0.00000315. The van der Waals surface area contributed by atoms with Crippen molar-refractivity contribution in [1.82, 2.24) is 25.1 Å². The minimum Gasteiger partial charge on any atom is -0.506 e. The van der Waals surface area contributed by atoms with E-state index in [-0.39, 0.29) is 35.4 Å². The first kappa shape index (κ1) is 44.7. The summed E-state index contributed by atoms with van der Waals surface area (Å²) >= 11 is 0. The smallest absolute Gasteiger partial charge is 0.248 e. The highest BCUT2D eigenvalue weighted by molar-refractivity contribution is 5.87. The van der Waals surface area contributed by atoms with E-state index in [1.54, 1.807) is 12.1 Å². The van der Waals surface area contributed by atoms with Crippen LogP contribution in [0, 0.1) is 6.92 Å². The number of rotatable bonds is 18. The van der Waals surface area contributed by atoms with E-state index in [1.165, 1.54) is 28.8 Å². The number of nitrogens with zero attached hydrogens (tertiary/aromatic N) is 4. The van der Waals surface area contributed by atoms with Crippen LogP contribution >= 0.6 is 0 Å². The van der Waals surface area contributed by atoms with Gasteiger partial charge in [-0.15, -0.1) is 0 Å². The zero-order chi connectivity index (χ0) is 41.5. The second-order valence-corrected chi connectivity index (χ2v) is 15.4. The zero-order valence-electron chi connectivity index (χ0n) is 34.8. The number of aromatic nitrogens is 2. The van der Waals surface area contributed by atoms with Crippen molar-refractivity contribution in [3.05, 3.63) is 99.5 Å². The lowest BCUT2D eigenvalue weighted by Crippen LogP contribution is -2.57. The van der Waals surface area contributed by atoms with Crippen LogP contribution in [0.15, 0.2) is 71.7 Å². The Hall–Kier alpha value is -4.37. The molecule has 2 aliphatic rings. The molecule has 5 N–H and O–H groups in total. The molecule has 2 aromatic heterocycles. The summed E-state index contributed by atoms with van der Waals surface area (Å²) in [5.74, 6) is 1.07. The van der Waals surface area contributed by atoms with E-state index >= 15 is 0 Å². The third kappa shape index (κ3) is 12.1. The molecule has 6 rings (SSSR count). The lowest BCUT2D eigenvalue weighted by molar-refractivity contribution is -0.134. The monoisotopic (exact) mass is 800 g/mol. The average molecular weight is 801 g/mol. The fourth-order valence-corrected chi connectivity index (χ4v) is 8.23. The summed E-state index contributed by atoms with van der Waals surface area (Å²) in [6.07, 6.45) is 5.88. The van der Waals surface area contributed by atoms with Crippen LogP contribution in [0.1, 0.15) is 74.3 Å². The second-order valence-electron chi connectivity index (χ2n) is 15.4. The number of pyridine rings is 2. The number of phenols is 1. The molecule has 0 radical (unpaired) electrons. The Morgan fingerprint density at radius 1 is 1.03 bits per heavy atom. The van der Waals surface area contributed by atoms with E-state index < -0.39 is 6.10 Å². The van der Waals surface area contributed by atoms with Gasteiger partial charge in [-0.1, -0.05) is 44.2 Å². The topological polar surface area (TPSA) is 164 Å². The fourth-order valence-electron chi connectivity index (χ4n) is 8.23. The first-order chi connectivity index (χ1) is 28.2. The number of aromatic hydroxyl groups is 1. The fraction of sp³-hybridized carbons (Fsp3) is 0.533. The highest BCUT2D eigenvalue weighted by Gasteiger charge is 2.40. The van der Waals surface area contributed by atoms with Gasteiger partial charge in [0.2, 0.25) is 11.5 Å². The predicted molar refractivity (Wildman–Crippen MR) is 228 cm³/mol. The number of aliphatic hydroxyl groups excluding tert-OH is 2. The van der Waals surface area contributed by atoms with Gasteiger partial charge in [0.25, 0.3) is 0 Å². The van der Waals surface area contributed by atoms with Crippen LogP contribution in [0.4, 0.5) is 5.82 Å². The number of carbonyl (C=O) groups excluding carboxylic acids is 1. The first-order valence-electron chi connectivity index (χ1n) is 20.8. The number of likely N-dealkylation sites (tertiary alicyclic amines) is 1. The average Bonchev–Trinajstić information content (AvgIpc) is 3.24. The van der Waals surface area contributed by atoms with Gasteiger partial charge in [0.05, 0.1) is 43.5 Å². The quantitative estimate of drug-likeness (QED) is 0.0887. The maximum absolute atomic E-state index is 13.4. The summed E-state index contributed by atoms with van der Waals surface area (Å²) in [6, 6.07) is 19.2. The largest absolute Gasteiger partial charge is 0.506 e. The Bertz CT molecular complexity index is 1940. The van der Waals surface area contributed by atoms with Gasteiger partial charge in [-0.05, 0) is 85.5 Å². The summed E-state index contributed by atoms with van der Waals surface area (Å²) in [4.78, 5) is 39.3. The molecule has 4 aromatic rings. The number of hydrogen-bond donors (Lipinski definition) is 5. The molecule has 2 aromatic carbocycles. The number of carbonyl (C=O) groups is 1. The highest BCUT2D eigenvalue weighted by atomic mass is 16.5. The molecule has 1 unspecified atom stereocenters. The molecule has 13 heteroatoms. The van der Waals surface area contributed by atoms with E-state index in [9.17, 15) is 19.8 Å². The standard InChI is InChI=1S/C44H60N6O6.CH4O/c1-4-35(5-2)50(22-19-45-29-39(52)36-9-11-38(51)43-37(36)10-12-41(53)47-43)42(54)15-25-55-24-14-33-7-6-8-34(28-33)30-48-20-16-44(17-21-48)31-49(23-26-56-44)40-27-32(3)13-18-46-40;1-2/h6-13,18,27-28,35,39,45,51-52H,4-5,14-17,19-26,29-31H2,1-3H3,(H,47,53);2H,1H3. The second kappa shape index (κ2) is 22.1. The summed E-state index contributed by atoms with van der Waals surface area (Å²) < 4.78 is 12.4. The number of morpholine rings is 1. The molecule has 0 aliphatic carbocycles. The van der Waals surface area contributed by atoms with Gasteiger partial charge in [0.1, 0.15) is 11.6 Å². The molecule has 2 fully saturated rings. The summed E-state index contributed by atoms with van der Waals surface area (Å²) in [6.45, 7) is 14.0. The van der Waals surface area contributed by atoms with Crippen molar-refractivity contribution in [3.63, 3.8) is 0 Å². The van der Waals surface area contributed by atoms with Gasteiger partial charge in [0.15, 0.2) is 0 Å². The van der Waals surface area contributed by atoms with E-state index in [4.69, 9.17) is 14.6 Å². The molecular weight excluding hydrogens is 737 g/mol. The van der Waals surface area contributed by atoms with Crippen molar-refractivity contribution in [1.29, 1.82) is 0 Å². The molecule has 1 amide bonds. The summed E-state index contributed by atoms with van der Waals surface area (Å²) in [5.41, 5.74) is 4.25. The number of phenolic OH excluding ortho intramolecular Hbond substituents is 1. The molecule has 13 nitrogen and oxygen atoms in total. The number of hydrogen-bond acceptors (Lipinski definition) is 11. The number of benzene rings is 2. The van der Waals surface area contributed by atoms with E-state index in [0.29, 0.717) is 49.2 Å². The molecule has 2 saturated heterocycles. The van der Waals surface area contributed by atoms with Crippen molar-refractivity contribution in [2.75, 3.05) is 77.6 Å². The van der Waals surface area contributed by atoms with E-state index in [0.717, 1.165) is 84.4 Å². The molecule has 58 heavy (non-hydrogen) atoms. The lowest BCUT2D eigenvalue weighted by atomic mass is 9.89. The number of ether oxygens (including phenoxy) is 2. The normalized spacial score (nSPS) is 16.0. The molecule has 0 bridgehead atoms. The predicted octanol–water partition coefficient (Wildman–Crippen LogP) is 4.71. The van der Waals surface area contributed by atoms with E-state index in [1.807, 2.05) is 17.2 Å². The Labute approximate surface area is 343 Å². The van der Waals surface area contributed by atoms with Gasteiger partial charge in [-0.25, -0.2) is 4.98 Å². The van der Waals surface area contributed by atoms with Crippen LogP contribution in [0.5, 0.6) is 5.75 Å². The Morgan fingerprint density at radius 3 is 2.57 bits per heavy atom. The van der Waals surface area contributed by atoms with Crippen LogP contribution in [0.2, 0.25) is 0 Å². The van der Waals surface area contributed by atoms with Crippen molar-refractivity contribution in [3.8, 4) is 5.75 Å². The Morgan fingerprint density at radius 2 is 1.81 bits per heavy atom. The van der Waals surface area contributed by atoms with Crippen LogP contribution < -0.4 is 15.8 Å². The lowest BCUT2D eigenvalue weighted by Gasteiger charge is -2.47. The van der Waals surface area contributed by atoms with Crippen molar-refractivity contribution in [2.24, 2.45) is 0 Å². The number of H-pyrrole nitrogens is 1. The number of aromatic amines is 1. The van der Waals surface area contributed by atoms with Gasteiger partial charge < -0.3 is 44.9 Å². The van der Waals surface area contributed by atoms with Crippen molar-refractivity contribution >= 4 is 22.6 Å². The maximum atomic E-state index is 13.4. The molecule has 2 aliphatic heterocycles. The number of aryl methyl sites for hydroxylation is 1. The SMILES string of the molecule is CCC(CC)N(CCNCC(O)c1ccc(O)c2[nH]c(=O)ccc12)C(=O)CCOCCc1cccc(CN2CCC3(CC2)CN(c2cc(C)ccn2)CCO3)c1.CO. The van der Waals surface area contributed by atoms with Crippen LogP contribution in [0.25, 0.3) is 10.9 Å². The number of amides is 1. The van der Waals surface area contributed by atoms with Gasteiger partial charge >= 0.3 is 0 Å². The van der Waals surface area contributed by atoms with E-state index in [2.05, 4.69) is 76.2 Å². The maximum Gasteiger partial charge on any atom is 0.248 e. The minimum absolute atomic E-state index is 0.0450. The minimum atomic E-state index is -0.862. The molecule has 1 spiro atoms. The van der Waals surface area contributed by atoms with Gasteiger partial charge in [-0.2, -0.15) is 0 Å². The van der Waals surface area contributed by atoms with Crippen LogP contribution in [-0.4, -0.2) is 125 Å². The first-order valence-corrected chi connectivity index (χ1v) is 20.8. The molecule has 0 saturated carbocycles. The van der Waals surface area contributed by atoms with Gasteiger partial charge in [0, 0.05) is 83.2 Å². The molecule has 4 heterocycles. The van der Waals surface area contributed by atoms with Crippen molar-refractivity contribution in [2.45, 2.75) is 83.6 Å². The number of aliphatic hydroxyl groups is 2. The zero-order valence-corrected chi connectivity index (χ0v) is 34.8. The van der Waals surface area contributed by atoms with Gasteiger partial charge in [-0.3, -0.25) is 14.5 Å². The molecular formula is C45H64N6O7. The van der Waals surface area contributed by atoms with Crippen LogP contribution in [-0.2, 0) is 27.2 Å². The summed E-state index contributed by atoms with van der Waals surface area (Å²) in [5, 5.41) is 32.0. The molecule has 316 valence electrons. The number of nitrogens with one attached hydrogen (secondary N) is 2.